The third-order valence-electron chi connectivity index (χ3n) is 4.86. The number of benzene rings is 3. The van der Waals surface area contributed by atoms with E-state index in [1.807, 2.05) is 42.5 Å². The summed E-state index contributed by atoms with van der Waals surface area (Å²) in [5, 5.41) is 4.31. The van der Waals surface area contributed by atoms with Crippen molar-refractivity contribution in [2.45, 2.75) is 39.0 Å². The highest BCUT2D eigenvalue weighted by atomic mass is 35.5. The average Bonchev–Trinajstić information content (AvgIpc) is 2.76. The number of rotatable bonds is 10. The summed E-state index contributed by atoms with van der Waals surface area (Å²) >= 11 is 6.35. The van der Waals surface area contributed by atoms with E-state index in [0.29, 0.717) is 23.9 Å². The first-order valence-electron chi connectivity index (χ1n) is 10.0. The van der Waals surface area contributed by atoms with E-state index in [4.69, 9.17) is 21.1 Å². The van der Waals surface area contributed by atoms with E-state index in [2.05, 4.69) is 36.5 Å². The maximum Gasteiger partial charge on any atom is 0.166 e. The van der Waals surface area contributed by atoms with Gasteiger partial charge < -0.3 is 14.8 Å². The molecule has 3 rings (SSSR count). The Morgan fingerprint density at radius 1 is 0.966 bits per heavy atom. The van der Waals surface area contributed by atoms with Gasteiger partial charge in [-0.2, -0.15) is 0 Å². The van der Waals surface area contributed by atoms with Crippen molar-refractivity contribution < 1.29 is 9.47 Å². The van der Waals surface area contributed by atoms with Gasteiger partial charge in [-0.3, -0.25) is 0 Å². The quantitative estimate of drug-likeness (QED) is 0.411. The zero-order chi connectivity index (χ0) is 20.5. The Bertz CT molecular complexity index is 884. The van der Waals surface area contributed by atoms with E-state index < -0.39 is 0 Å². The Labute approximate surface area is 178 Å². The van der Waals surface area contributed by atoms with Crippen LogP contribution in [0.15, 0.2) is 72.8 Å². The third kappa shape index (κ3) is 5.99. The van der Waals surface area contributed by atoms with Crippen LogP contribution in [0, 0.1) is 0 Å². The molecule has 0 radical (unpaired) electrons. The molecule has 0 amide bonds. The summed E-state index contributed by atoms with van der Waals surface area (Å²) in [5.74, 6) is 1.38. The van der Waals surface area contributed by atoms with Crippen molar-refractivity contribution >= 4 is 11.6 Å². The first-order chi connectivity index (χ1) is 14.2. The molecular formula is C25H28ClNO2. The number of halogens is 1. The molecule has 0 saturated carbocycles. The van der Waals surface area contributed by atoms with Crippen LogP contribution in [-0.2, 0) is 13.2 Å². The zero-order valence-electron chi connectivity index (χ0n) is 17.0. The zero-order valence-corrected chi connectivity index (χ0v) is 17.8. The summed E-state index contributed by atoms with van der Waals surface area (Å²) in [5.41, 5.74) is 3.38. The summed E-state index contributed by atoms with van der Waals surface area (Å²) in [4.78, 5) is 0. The lowest BCUT2D eigenvalue weighted by molar-refractivity contribution is 0.280. The molecular weight excluding hydrogens is 382 g/mol. The Hall–Kier alpha value is -2.49. The molecule has 0 aliphatic heterocycles. The van der Waals surface area contributed by atoms with Gasteiger partial charge in [0.25, 0.3) is 0 Å². The van der Waals surface area contributed by atoms with Crippen LogP contribution < -0.4 is 14.8 Å². The lowest BCUT2D eigenvalue weighted by Crippen LogP contribution is -2.21. The largest absolute Gasteiger partial charge is 0.493 e. The molecule has 29 heavy (non-hydrogen) atoms. The molecule has 0 spiro atoms. The Balaban J connectivity index is 1.80. The maximum absolute atomic E-state index is 6.35. The minimum Gasteiger partial charge on any atom is -0.493 e. The molecule has 0 saturated heterocycles. The van der Waals surface area contributed by atoms with Crippen molar-refractivity contribution in [3.05, 3.63) is 94.5 Å². The summed E-state index contributed by atoms with van der Waals surface area (Å²) in [7, 11) is 1.64. The maximum atomic E-state index is 6.35. The van der Waals surface area contributed by atoms with Crippen LogP contribution in [0.4, 0.5) is 0 Å². The lowest BCUT2D eigenvalue weighted by Gasteiger charge is -2.21. The van der Waals surface area contributed by atoms with Crippen molar-refractivity contribution in [1.29, 1.82) is 0 Å². The highest BCUT2D eigenvalue weighted by molar-refractivity contribution is 6.30. The molecule has 3 aromatic carbocycles. The molecule has 3 nitrogen and oxygen atoms in total. The van der Waals surface area contributed by atoms with Crippen LogP contribution >= 0.6 is 11.6 Å². The molecule has 3 aromatic rings. The van der Waals surface area contributed by atoms with Gasteiger partial charge >= 0.3 is 0 Å². The van der Waals surface area contributed by atoms with Gasteiger partial charge in [0, 0.05) is 29.2 Å². The molecule has 152 valence electrons. The van der Waals surface area contributed by atoms with E-state index in [-0.39, 0.29) is 6.04 Å². The molecule has 0 fully saturated rings. The number of ether oxygens (including phenoxy) is 2. The highest BCUT2D eigenvalue weighted by Gasteiger charge is 2.16. The molecule has 0 bridgehead atoms. The average molecular weight is 410 g/mol. The summed E-state index contributed by atoms with van der Waals surface area (Å²) in [6, 6.07) is 24.7. The van der Waals surface area contributed by atoms with Gasteiger partial charge in [-0.15, -0.1) is 0 Å². The van der Waals surface area contributed by atoms with Crippen molar-refractivity contribution in [3.63, 3.8) is 0 Å². The van der Waals surface area contributed by atoms with Crippen LogP contribution in [0.3, 0.4) is 0 Å². The first kappa shape index (κ1) is 21.2. The van der Waals surface area contributed by atoms with E-state index in [0.717, 1.165) is 29.7 Å². The van der Waals surface area contributed by atoms with Crippen molar-refractivity contribution in [1.82, 2.24) is 5.32 Å². The highest BCUT2D eigenvalue weighted by Crippen LogP contribution is 2.36. The molecule has 1 N–H and O–H groups in total. The van der Waals surface area contributed by atoms with Gasteiger partial charge in [0.05, 0.1) is 7.11 Å². The summed E-state index contributed by atoms with van der Waals surface area (Å²) in [6.45, 7) is 3.32. The minimum atomic E-state index is 0.271. The van der Waals surface area contributed by atoms with Crippen LogP contribution in [-0.4, -0.2) is 7.11 Å². The standard InChI is InChI=1S/C25H28ClNO2/c1-3-10-23(20-13-8-5-9-14-20)27-17-21-15-22(26)16-24(28-2)25(21)29-18-19-11-6-4-7-12-19/h4-9,11-16,23,27H,3,10,17-18H2,1-2H3. The second kappa shape index (κ2) is 10.9. The van der Waals surface area contributed by atoms with E-state index in [1.165, 1.54) is 5.56 Å². The molecule has 4 heteroatoms. The molecule has 1 atom stereocenters. The minimum absolute atomic E-state index is 0.271. The first-order valence-corrected chi connectivity index (χ1v) is 10.4. The van der Waals surface area contributed by atoms with E-state index in [1.54, 1.807) is 13.2 Å². The number of hydrogen-bond donors (Lipinski definition) is 1. The molecule has 1 unspecified atom stereocenters. The Morgan fingerprint density at radius 3 is 2.31 bits per heavy atom. The molecule has 0 heterocycles. The van der Waals surface area contributed by atoms with Crippen LogP contribution in [0.25, 0.3) is 0 Å². The molecule has 0 aliphatic carbocycles. The van der Waals surface area contributed by atoms with Crippen LogP contribution in [0.1, 0.15) is 42.5 Å². The van der Waals surface area contributed by atoms with E-state index >= 15 is 0 Å². The molecule has 0 aromatic heterocycles. The van der Waals surface area contributed by atoms with Crippen LogP contribution in [0.5, 0.6) is 11.5 Å². The number of methoxy groups -OCH3 is 1. The Morgan fingerprint density at radius 2 is 1.66 bits per heavy atom. The van der Waals surface area contributed by atoms with Crippen molar-refractivity contribution in [2.75, 3.05) is 7.11 Å². The van der Waals surface area contributed by atoms with Gasteiger partial charge in [-0.1, -0.05) is 85.6 Å². The normalized spacial score (nSPS) is 11.8. The smallest absolute Gasteiger partial charge is 0.166 e. The topological polar surface area (TPSA) is 30.5 Å². The van der Waals surface area contributed by atoms with Crippen molar-refractivity contribution in [3.8, 4) is 11.5 Å². The molecule has 0 aliphatic rings. The van der Waals surface area contributed by atoms with E-state index in [9.17, 15) is 0 Å². The fourth-order valence-corrected chi connectivity index (χ4v) is 3.62. The van der Waals surface area contributed by atoms with Gasteiger partial charge in [-0.25, -0.2) is 0 Å². The van der Waals surface area contributed by atoms with Gasteiger partial charge in [0.2, 0.25) is 0 Å². The summed E-state index contributed by atoms with van der Waals surface area (Å²) < 4.78 is 11.7. The SMILES string of the molecule is CCCC(NCc1cc(Cl)cc(OC)c1OCc1ccccc1)c1ccccc1. The van der Waals surface area contributed by atoms with Gasteiger partial charge in [0.1, 0.15) is 6.61 Å². The van der Waals surface area contributed by atoms with Gasteiger partial charge in [-0.05, 0) is 23.6 Å². The fourth-order valence-electron chi connectivity index (χ4n) is 3.39. The monoisotopic (exact) mass is 409 g/mol. The lowest BCUT2D eigenvalue weighted by atomic mass is 10.0. The predicted molar refractivity (Wildman–Crippen MR) is 120 cm³/mol. The number of hydrogen-bond acceptors (Lipinski definition) is 3. The Kier molecular flexibility index (Phi) is 7.97. The second-order valence-corrected chi connectivity index (χ2v) is 7.44. The van der Waals surface area contributed by atoms with Crippen LogP contribution in [0.2, 0.25) is 5.02 Å². The van der Waals surface area contributed by atoms with Gasteiger partial charge in [0.15, 0.2) is 11.5 Å². The van der Waals surface area contributed by atoms with Crippen molar-refractivity contribution in [2.24, 2.45) is 0 Å². The predicted octanol–water partition coefficient (Wildman–Crippen LogP) is 6.56. The second-order valence-electron chi connectivity index (χ2n) is 7.00. The summed E-state index contributed by atoms with van der Waals surface area (Å²) in [6.07, 6.45) is 2.16. The fraction of sp³-hybridized carbons (Fsp3) is 0.280. The third-order valence-corrected chi connectivity index (χ3v) is 5.08. The number of nitrogens with one attached hydrogen (secondary N) is 1.